The van der Waals surface area contributed by atoms with E-state index in [2.05, 4.69) is 31.9 Å². The Kier molecular flexibility index (Phi) is 5.76. The summed E-state index contributed by atoms with van der Waals surface area (Å²) in [6.07, 6.45) is 0. The summed E-state index contributed by atoms with van der Waals surface area (Å²) in [6.45, 7) is 3.59. The van der Waals surface area contributed by atoms with Gasteiger partial charge in [0.15, 0.2) is 0 Å². The van der Waals surface area contributed by atoms with Crippen LogP contribution in [0.15, 0.2) is 46.9 Å². The van der Waals surface area contributed by atoms with Crippen LogP contribution in [0.25, 0.3) is 0 Å². The van der Waals surface area contributed by atoms with Crippen LogP contribution in [0, 0.1) is 6.92 Å². The number of aryl methyl sites for hydroxylation is 1. The molecule has 0 fully saturated rings. The number of hydrogen-bond donors (Lipinski definition) is 3. The van der Waals surface area contributed by atoms with E-state index in [0.717, 1.165) is 15.7 Å². The molecule has 23 heavy (non-hydrogen) atoms. The molecule has 5 nitrogen and oxygen atoms in total. The minimum absolute atomic E-state index is 0.152. The van der Waals surface area contributed by atoms with Crippen LogP contribution in [0.4, 0.5) is 17.1 Å². The average molecular weight is 376 g/mol. The average Bonchev–Trinajstić information content (AvgIpc) is 2.48. The highest BCUT2D eigenvalue weighted by molar-refractivity contribution is 9.10. The van der Waals surface area contributed by atoms with Crippen molar-refractivity contribution in [3.05, 3.63) is 52.5 Å². The van der Waals surface area contributed by atoms with E-state index in [0.29, 0.717) is 11.4 Å². The summed E-state index contributed by atoms with van der Waals surface area (Å²) in [5, 5.41) is 8.54. The smallest absolute Gasteiger partial charge is 0.243 e. The minimum Gasteiger partial charge on any atom is -0.376 e. The first kappa shape index (κ1) is 17.0. The van der Waals surface area contributed by atoms with Gasteiger partial charge in [-0.25, -0.2) is 0 Å². The molecule has 0 heterocycles. The topological polar surface area (TPSA) is 70.2 Å². The molecular formula is C17H18BrN3O2. The standard InChI is InChI=1S/C17H18BrN3O2/c1-11-8-13(6-7-16(11)18)19-10-17(23)21-15-5-3-4-14(9-15)20-12(2)22/h3-9,19H,10H2,1-2H3,(H,20,22)(H,21,23). The van der Waals surface area contributed by atoms with E-state index in [-0.39, 0.29) is 18.4 Å². The van der Waals surface area contributed by atoms with Crippen LogP contribution in [-0.2, 0) is 9.59 Å². The zero-order valence-electron chi connectivity index (χ0n) is 12.9. The van der Waals surface area contributed by atoms with Gasteiger partial charge in [-0.2, -0.15) is 0 Å². The van der Waals surface area contributed by atoms with Crippen molar-refractivity contribution in [1.82, 2.24) is 0 Å². The lowest BCUT2D eigenvalue weighted by Crippen LogP contribution is -2.21. The molecule has 0 saturated heterocycles. The Hall–Kier alpha value is -2.34. The number of carbonyl (C=O) groups is 2. The third kappa shape index (κ3) is 5.41. The van der Waals surface area contributed by atoms with E-state index in [9.17, 15) is 9.59 Å². The largest absolute Gasteiger partial charge is 0.376 e. The first-order chi connectivity index (χ1) is 10.9. The number of halogens is 1. The van der Waals surface area contributed by atoms with Crippen molar-refractivity contribution < 1.29 is 9.59 Å². The maximum absolute atomic E-state index is 12.0. The summed E-state index contributed by atoms with van der Waals surface area (Å²) in [4.78, 5) is 23.0. The van der Waals surface area contributed by atoms with Gasteiger partial charge in [0.25, 0.3) is 0 Å². The summed E-state index contributed by atoms with van der Waals surface area (Å²) in [7, 11) is 0. The molecule has 6 heteroatoms. The SMILES string of the molecule is CC(=O)Nc1cccc(NC(=O)CNc2ccc(Br)c(C)c2)c1. The molecule has 0 aliphatic heterocycles. The van der Waals surface area contributed by atoms with E-state index < -0.39 is 0 Å². The molecule has 0 aliphatic rings. The summed E-state index contributed by atoms with van der Waals surface area (Å²) in [5.41, 5.74) is 3.26. The molecule has 2 aromatic carbocycles. The second-order valence-electron chi connectivity index (χ2n) is 5.13. The van der Waals surface area contributed by atoms with E-state index in [1.54, 1.807) is 24.3 Å². The zero-order chi connectivity index (χ0) is 16.8. The lowest BCUT2D eigenvalue weighted by atomic mass is 10.2. The van der Waals surface area contributed by atoms with Crippen molar-refractivity contribution >= 4 is 44.8 Å². The van der Waals surface area contributed by atoms with Crippen molar-refractivity contribution in [1.29, 1.82) is 0 Å². The highest BCUT2D eigenvalue weighted by Gasteiger charge is 2.04. The molecule has 0 saturated carbocycles. The van der Waals surface area contributed by atoms with E-state index >= 15 is 0 Å². The Bertz CT molecular complexity index is 732. The van der Waals surface area contributed by atoms with Crippen LogP contribution in [-0.4, -0.2) is 18.4 Å². The maximum Gasteiger partial charge on any atom is 0.243 e. The molecule has 0 aromatic heterocycles. The van der Waals surface area contributed by atoms with Gasteiger partial charge in [0.05, 0.1) is 6.54 Å². The lowest BCUT2D eigenvalue weighted by molar-refractivity contribution is -0.115. The monoisotopic (exact) mass is 375 g/mol. The normalized spacial score (nSPS) is 10.0. The molecule has 120 valence electrons. The summed E-state index contributed by atoms with van der Waals surface area (Å²) in [5.74, 6) is -0.314. The van der Waals surface area contributed by atoms with Crippen molar-refractivity contribution in [3.8, 4) is 0 Å². The first-order valence-electron chi connectivity index (χ1n) is 7.11. The molecular weight excluding hydrogens is 358 g/mol. The highest BCUT2D eigenvalue weighted by atomic mass is 79.9. The van der Waals surface area contributed by atoms with Crippen LogP contribution in [0.1, 0.15) is 12.5 Å². The molecule has 2 rings (SSSR count). The molecule has 0 unspecified atom stereocenters. The van der Waals surface area contributed by atoms with Crippen LogP contribution in [0.3, 0.4) is 0 Å². The number of benzene rings is 2. The fourth-order valence-electron chi connectivity index (χ4n) is 2.02. The Balaban J connectivity index is 1.91. The zero-order valence-corrected chi connectivity index (χ0v) is 14.5. The molecule has 2 aromatic rings. The first-order valence-corrected chi connectivity index (χ1v) is 7.91. The molecule has 0 bridgehead atoms. The summed E-state index contributed by atoms with van der Waals surface area (Å²) in [6, 6.07) is 12.8. The van der Waals surface area contributed by atoms with Gasteiger partial charge >= 0.3 is 0 Å². The Morgan fingerprint density at radius 3 is 2.35 bits per heavy atom. The van der Waals surface area contributed by atoms with E-state index in [1.165, 1.54) is 6.92 Å². The van der Waals surface area contributed by atoms with Gasteiger partial charge in [0, 0.05) is 28.5 Å². The van der Waals surface area contributed by atoms with Crippen molar-refractivity contribution in [2.24, 2.45) is 0 Å². The molecule has 0 spiro atoms. The fourth-order valence-corrected chi connectivity index (χ4v) is 2.27. The Morgan fingerprint density at radius 1 is 1.00 bits per heavy atom. The number of anilines is 3. The second-order valence-corrected chi connectivity index (χ2v) is 5.98. The van der Waals surface area contributed by atoms with Gasteiger partial charge in [0.2, 0.25) is 11.8 Å². The number of amides is 2. The second kappa shape index (κ2) is 7.78. The van der Waals surface area contributed by atoms with Gasteiger partial charge in [-0.1, -0.05) is 22.0 Å². The van der Waals surface area contributed by atoms with Crippen molar-refractivity contribution in [2.45, 2.75) is 13.8 Å². The van der Waals surface area contributed by atoms with Gasteiger partial charge in [-0.15, -0.1) is 0 Å². The minimum atomic E-state index is -0.162. The quantitative estimate of drug-likeness (QED) is 0.744. The predicted molar refractivity (Wildman–Crippen MR) is 96.7 cm³/mol. The van der Waals surface area contributed by atoms with Crippen molar-refractivity contribution in [3.63, 3.8) is 0 Å². The molecule has 0 atom stereocenters. The van der Waals surface area contributed by atoms with Crippen LogP contribution < -0.4 is 16.0 Å². The lowest BCUT2D eigenvalue weighted by Gasteiger charge is -2.10. The predicted octanol–water partition coefficient (Wildman–Crippen LogP) is 3.77. The number of carbonyl (C=O) groups excluding carboxylic acids is 2. The number of rotatable bonds is 5. The van der Waals surface area contributed by atoms with Gasteiger partial charge in [0.1, 0.15) is 0 Å². The maximum atomic E-state index is 12.0. The van der Waals surface area contributed by atoms with E-state index in [1.807, 2.05) is 25.1 Å². The third-order valence-electron chi connectivity index (χ3n) is 3.08. The Morgan fingerprint density at radius 2 is 1.70 bits per heavy atom. The van der Waals surface area contributed by atoms with E-state index in [4.69, 9.17) is 0 Å². The van der Waals surface area contributed by atoms with Gasteiger partial charge < -0.3 is 16.0 Å². The van der Waals surface area contributed by atoms with Crippen molar-refractivity contribution in [2.75, 3.05) is 22.5 Å². The van der Waals surface area contributed by atoms with Gasteiger partial charge in [-0.05, 0) is 48.9 Å². The highest BCUT2D eigenvalue weighted by Crippen LogP contribution is 2.20. The third-order valence-corrected chi connectivity index (χ3v) is 3.97. The van der Waals surface area contributed by atoms with Gasteiger partial charge in [-0.3, -0.25) is 9.59 Å². The Labute approximate surface area is 143 Å². The van der Waals surface area contributed by atoms with Crippen LogP contribution >= 0.6 is 15.9 Å². The molecule has 0 radical (unpaired) electrons. The van der Waals surface area contributed by atoms with Crippen LogP contribution in [0.5, 0.6) is 0 Å². The molecule has 2 amide bonds. The fraction of sp³-hybridized carbons (Fsp3) is 0.176. The summed E-state index contributed by atoms with van der Waals surface area (Å²) < 4.78 is 1.03. The van der Waals surface area contributed by atoms with Crippen LogP contribution in [0.2, 0.25) is 0 Å². The molecule has 0 aliphatic carbocycles. The number of nitrogens with one attached hydrogen (secondary N) is 3. The summed E-state index contributed by atoms with van der Waals surface area (Å²) >= 11 is 3.44. The molecule has 3 N–H and O–H groups in total. The number of hydrogen-bond acceptors (Lipinski definition) is 3.